The van der Waals surface area contributed by atoms with Gasteiger partial charge in [-0.15, -0.1) is 0 Å². The van der Waals surface area contributed by atoms with E-state index >= 15 is 0 Å². The molecule has 1 heterocycles. The van der Waals surface area contributed by atoms with Crippen molar-refractivity contribution in [2.24, 2.45) is 0 Å². The Morgan fingerprint density at radius 3 is 2.41 bits per heavy atom. The van der Waals surface area contributed by atoms with E-state index in [1.165, 1.54) is 0 Å². The van der Waals surface area contributed by atoms with Gasteiger partial charge in [0, 0.05) is 26.2 Å². The van der Waals surface area contributed by atoms with Crippen LogP contribution in [0.5, 0.6) is 5.75 Å². The smallest absolute Gasteiger partial charge is 0.226 e. The average molecular weight is 363 g/mol. The van der Waals surface area contributed by atoms with Gasteiger partial charge in [-0.3, -0.25) is 9.69 Å². The maximum absolute atomic E-state index is 12.4. The van der Waals surface area contributed by atoms with Gasteiger partial charge in [0.25, 0.3) is 0 Å². The molecule has 1 saturated heterocycles. The lowest BCUT2D eigenvalue weighted by Crippen LogP contribution is -2.49. The molecule has 2 aromatic carbocycles. The third-order valence-electron chi connectivity index (χ3n) is 4.97. The van der Waals surface area contributed by atoms with Crippen molar-refractivity contribution < 1.29 is 9.53 Å². The van der Waals surface area contributed by atoms with E-state index in [9.17, 15) is 10.1 Å². The minimum absolute atomic E-state index is 0.106. The van der Waals surface area contributed by atoms with Gasteiger partial charge in [0.1, 0.15) is 11.8 Å². The Balaban J connectivity index is 1.48. The van der Waals surface area contributed by atoms with E-state index in [2.05, 4.69) is 11.0 Å². The zero-order valence-electron chi connectivity index (χ0n) is 15.7. The summed E-state index contributed by atoms with van der Waals surface area (Å²) < 4.78 is 5.61. The number of para-hydroxylation sites is 1. The van der Waals surface area contributed by atoms with Crippen molar-refractivity contribution in [1.82, 2.24) is 9.80 Å². The van der Waals surface area contributed by atoms with Gasteiger partial charge in [-0.05, 0) is 30.2 Å². The molecule has 1 aliphatic rings. The number of hydrogen-bond acceptors (Lipinski definition) is 4. The van der Waals surface area contributed by atoms with E-state index in [1.54, 1.807) is 0 Å². The van der Waals surface area contributed by atoms with Crippen molar-refractivity contribution in [1.29, 1.82) is 5.26 Å². The molecule has 1 amide bonds. The number of benzene rings is 2. The van der Waals surface area contributed by atoms with Gasteiger partial charge < -0.3 is 9.64 Å². The molecule has 1 unspecified atom stereocenters. The number of amides is 1. The fraction of sp³-hybridized carbons (Fsp3) is 0.364. The number of carbonyl (C=O) groups excluding carboxylic acids is 1. The largest absolute Gasteiger partial charge is 0.493 e. The highest BCUT2D eigenvalue weighted by Gasteiger charge is 2.27. The van der Waals surface area contributed by atoms with Gasteiger partial charge in [0.2, 0.25) is 5.91 Å². The Labute approximate surface area is 160 Å². The number of hydrogen-bond donors (Lipinski definition) is 0. The molecule has 140 valence electrons. The Kier molecular flexibility index (Phi) is 6.45. The molecular weight excluding hydrogens is 338 g/mol. The van der Waals surface area contributed by atoms with Crippen LogP contribution in [0.15, 0.2) is 54.6 Å². The molecule has 3 rings (SSSR count). The first-order valence-electron chi connectivity index (χ1n) is 9.34. The maximum Gasteiger partial charge on any atom is 0.226 e. The van der Waals surface area contributed by atoms with Crippen LogP contribution in [0, 0.1) is 18.3 Å². The van der Waals surface area contributed by atoms with Crippen molar-refractivity contribution in [3.63, 3.8) is 0 Å². The second-order valence-corrected chi connectivity index (χ2v) is 6.72. The van der Waals surface area contributed by atoms with Crippen molar-refractivity contribution in [2.75, 3.05) is 32.8 Å². The summed E-state index contributed by atoms with van der Waals surface area (Å²) >= 11 is 0. The Bertz CT molecular complexity index is 793. The third-order valence-corrected chi connectivity index (χ3v) is 4.97. The molecule has 27 heavy (non-hydrogen) atoms. The van der Waals surface area contributed by atoms with Gasteiger partial charge in [-0.1, -0.05) is 42.5 Å². The number of nitrogens with zero attached hydrogens (tertiary/aromatic N) is 3. The zero-order valence-corrected chi connectivity index (χ0v) is 15.7. The molecule has 0 bridgehead atoms. The molecule has 1 atom stereocenters. The molecule has 0 radical (unpaired) electrons. The first-order chi connectivity index (χ1) is 13.2. The van der Waals surface area contributed by atoms with Crippen LogP contribution in [0.1, 0.15) is 23.6 Å². The average Bonchev–Trinajstić information content (AvgIpc) is 2.71. The number of rotatable bonds is 6. The van der Waals surface area contributed by atoms with Crippen LogP contribution in [-0.2, 0) is 4.79 Å². The fourth-order valence-electron chi connectivity index (χ4n) is 3.40. The molecule has 1 fully saturated rings. The highest BCUT2D eigenvalue weighted by molar-refractivity contribution is 5.76. The number of nitriles is 1. The summed E-state index contributed by atoms with van der Waals surface area (Å²) in [7, 11) is 0. The molecule has 5 heteroatoms. The van der Waals surface area contributed by atoms with E-state index < -0.39 is 0 Å². The highest BCUT2D eigenvalue weighted by Crippen LogP contribution is 2.24. The topological polar surface area (TPSA) is 56.6 Å². The molecule has 0 aliphatic carbocycles. The highest BCUT2D eigenvalue weighted by atomic mass is 16.5. The minimum Gasteiger partial charge on any atom is -0.493 e. The summed E-state index contributed by atoms with van der Waals surface area (Å²) in [5.41, 5.74) is 2.18. The second kappa shape index (κ2) is 9.20. The first-order valence-corrected chi connectivity index (χ1v) is 9.34. The summed E-state index contributed by atoms with van der Waals surface area (Å²) in [6.07, 6.45) is 0.369. The number of aryl methyl sites for hydroxylation is 1. The number of piperazine rings is 1. The summed E-state index contributed by atoms with van der Waals surface area (Å²) in [4.78, 5) is 16.5. The predicted octanol–water partition coefficient (Wildman–Crippen LogP) is 3.17. The predicted molar refractivity (Wildman–Crippen MR) is 104 cm³/mol. The van der Waals surface area contributed by atoms with Crippen molar-refractivity contribution in [2.45, 2.75) is 19.4 Å². The number of carbonyl (C=O) groups is 1. The minimum atomic E-state index is -0.259. The van der Waals surface area contributed by atoms with Crippen LogP contribution in [0.4, 0.5) is 0 Å². The van der Waals surface area contributed by atoms with Crippen molar-refractivity contribution in [3.05, 3.63) is 65.7 Å². The molecule has 1 aliphatic heterocycles. The first kappa shape index (κ1) is 18.9. The van der Waals surface area contributed by atoms with Gasteiger partial charge in [-0.2, -0.15) is 5.26 Å². The SMILES string of the molecule is Cc1ccccc1C(C#N)N1CCN(C(=O)CCOc2ccccc2)CC1. The van der Waals surface area contributed by atoms with Crippen LogP contribution < -0.4 is 4.74 Å². The van der Waals surface area contributed by atoms with E-state index in [0.29, 0.717) is 39.2 Å². The zero-order chi connectivity index (χ0) is 19.1. The molecule has 0 spiro atoms. The van der Waals surface area contributed by atoms with Crippen LogP contribution in [-0.4, -0.2) is 48.5 Å². The van der Waals surface area contributed by atoms with Crippen LogP contribution in [0.25, 0.3) is 0 Å². The van der Waals surface area contributed by atoms with Gasteiger partial charge in [0.15, 0.2) is 0 Å². The Morgan fingerprint density at radius 2 is 1.74 bits per heavy atom. The lowest BCUT2D eigenvalue weighted by Gasteiger charge is -2.37. The van der Waals surface area contributed by atoms with Gasteiger partial charge in [0.05, 0.1) is 19.1 Å². The van der Waals surface area contributed by atoms with Gasteiger partial charge >= 0.3 is 0 Å². The monoisotopic (exact) mass is 363 g/mol. The standard InChI is InChI=1S/C22H25N3O2/c1-18-7-5-6-10-20(18)21(17-23)24-12-14-25(15-13-24)22(26)11-16-27-19-8-3-2-4-9-19/h2-10,21H,11-16H2,1H3. The fourth-order valence-corrected chi connectivity index (χ4v) is 3.40. The van der Waals surface area contributed by atoms with Crippen LogP contribution in [0.3, 0.4) is 0 Å². The molecular formula is C22H25N3O2. The maximum atomic E-state index is 12.4. The lowest BCUT2D eigenvalue weighted by atomic mass is 10.0. The van der Waals surface area contributed by atoms with E-state index in [4.69, 9.17) is 4.74 Å². The third kappa shape index (κ3) is 4.87. The van der Waals surface area contributed by atoms with Gasteiger partial charge in [-0.25, -0.2) is 0 Å². The second-order valence-electron chi connectivity index (χ2n) is 6.72. The van der Waals surface area contributed by atoms with Crippen molar-refractivity contribution >= 4 is 5.91 Å². The van der Waals surface area contributed by atoms with E-state index in [1.807, 2.05) is 66.4 Å². The summed E-state index contributed by atoms with van der Waals surface area (Å²) in [5.74, 6) is 0.889. The molecule has 5 nitrogen and oxygen atoms in total. The number of ether oxygens (including phenoxy) is 1. The quantitative estimate of drug-likeness (QED) is 0.791. The van der Waals surface area contributed by atoms with Crippen molar-refractivity contribution in [3.8, 4) is 11.8 Å². The molecule has 0 aromatic heterocycles. The summed E-state index contributed by atoms with van der Waals surface area (Å²) in [6.45, 7) is 5.12. The van der Waals surface area contributed by atoms with Crippen LogP contribution >= 0.6 is 0 Å². The van der Waals surface area contributed by atoms with E-state index in [0.717, 1.165) is 16.9 Å². The Hall–Kier alpha value is -2.84. The molecule has 0 saturated carbocycles. The lowest BCUT2D eigenvalue weighted by molar-refractivity contribution is -0.133. The summed E-state index contributed by atoms with van der Waals surface area (Å²) in [6, 6.07) is 19.7. The van der Waals surface area contributed by atoms with Crippen LogP contribution in [0.2, 0.25) is 0 Å². The summed E-state index contributed by atoms with van der Waals surface area (Å²) in [5, 5.41) is 9.67. The Morgan fingerprint density at radius 1 is 1.07 bits per heavy atom. The molecule has 0 N–H and O–H groups in total. The molecule has 2 aromatic rings. The normalized spacial score (nSPS) is 15.8. The van der Waals surface area contributed by atoms with E-state index in [-0.39, 0.29) is 11.9 Å².